The lowest BCUT2D eigenvalue weighted by atomic mass is 10.0. The minimum absolute atomic E-state index is 0.0711. The van der Waals surface area contributed by atoms with Gasteiger partial charge in [0.05, 0.1) is 6.04 Å². The molecule has 1 saturated carbocycles. The summed E-state index contributed by atoms with van der Waals surface area (Å²) in [7, 11) is 0. The highest BCUT2D eigenvalue weighted by Gasteiger charge is 2.29. The maximum absolute atomic E-state index is 13.0. The summed E-state index contributed by atoms with van der Waals surface area (Å²) in [6, 6.07) is 16.7. The van der Waals surface area contributed by atoms with Crippen molar-refractivity contribution < 1.29 is 10.1 Å². The summed E-state index contributed by atoms with van der Waals surface area (Å²) in [6.45, 7) is 4.09. The number of hydrogen-bond acceptors (Lipinski definition) is 1. The molecule has 3 heteroatoms. The highest BCUT2D eigenvalue weighted by Crippen LogP contribution is 2.20. The van der Waals surface area contributed by atoms with Crippen LogP contribution < -0.4 is 10.6 Å². The monoisotopic (exact) mass is 323 g/mol. The van der Waals surface area contributed by atoms with E-state index in [0.29, 0.717) is 6.04 Å². The Hall–Kier alpha value is -2.13. The Morgan fingerprint density at radius 1 is 1.08 bits per heavy atom. The molecule has 2 aromatic rings. The molecule has 3 rings (SSSR count). The third-order valence-electron chi connectivity index (χ3n) is 4.96. The van der Waals surface area contributed by atoms with Crippen LogP contribution in [0.15, 0.2) is 48.5 Å². The van der Waals surface area contributed by atoms with Crippen LogP contribution in [0, 0.1) is 13.8 Å². The van der Waals surface area contributed by atoms with E-state index in [-0.39, 0.29) is 11.9 Å². The van der Waals surface area contributed by atoms with E-state index in [1.165, 1.54) is 25.7 Å². The van der Waals surface area contributed by atoms with E-state index >= 15 is 0 Å². The number of carbonyl (C=O) groups is 1. The topological polar surface area (TPSA) is 45.7 Å². The number of benzene rings is 2. The summed E-state index contributed by atoms with van der Waals surface area (Å²) < 4.78 is 0. The number of nitrogens with one attached hydrogen (secondary N) is 1. The van der Waals surface area contributed by atoms with Crippen molar-refractivity contribution in [1.29, 1.82) is 0 Å². The summed E-state index contributed by atoms with van der Waals surface area (Å²) in [4.78, 5) is 13.0. The van der Waals surface area contributed by atoms with Crippen LogP contribution in [0.5, 0.6) is 0 Å². The van der Waals surface area contributed by atoms with Gasteiger partial charge in [-0.2, -0.15) is 0 Å². The van der Waals surface area contributed by atoms with Gasteiger partial charge in [-0.05, 0) is 56.7 Å². The molecule has 0 bridgehead atoms. The van der Waals surface area contributed by atoms with Crippen LogP contribution in [0.2, 0.25) is 0 Å². The van der Waals surface area contributed by atoms with E-state index < -0.39 is 0 Å². The van der Waals surface area contributed by atoms with Crippen molar-refractivity contribution in [3.8, 4) is 0 Å². The Balaban J connectivity index is 1.81. The second kappa shape index (κ2) is 7.63. The number of carbonyl (C=O) groups excluding carboxylic acids is 1. The Labute approximate surface area is 144 Å². The van der Waals surface area contributed by atoms with Crippen molar-refractivity contribution in [2.24, 2.45) is 0 Å². The van der Waals surface area contributed by atoms with Crippen molar-refractivity contribution >= 4 is 11.6 Å². The zero-order valence-electron chi connectivity index (χ0n) is 14.6. The lowest BCUT2D eigenvalue weighted by Crippen LogP contribution is -2.92. The first kappa shape index (κ1) is 16.7. The molecule has 0 spiro atoms. The van der Waals surface area contributed by atoms with Crippen molar-refractivity contribution in [1.82, 2.24) is 0 Å². The molecule has 0 aromatic heterocycles. The molecule has 0 saturated heterocycles. The van der Waals surface area contributed by atoms with Gasteiger partial charge >= 0.3 is 0 Å². The Morgan fingerprint density at radius 2 is 1.79 bits per heavy atom. The first-order valence-corrected chi connectivity index (χ1v) is 8.91. The normalized spacial score (nSPS) is 16.1. The fourth-order valence-electron chi connectivity index (χ4n) is 3.51. The molecule has 24 heavy (non-hydrogen) atoms. The van der Waals surface area contributed by atoms with Crippen LogP contribution in [0.4, 0.5) is 5.69 Å². The van der Waals surface area contributed by atoms with Crippen LogP contribution in [-0.4, -0.2) is 11.9 Å². The third kappa shape index (κ3) is 4.04. The molecule has 3 nitrogen and oxygen atoms in total. The Bertz CT molecular complexity index is 690. The third-order valence-corrected chi connectivity index (χ3v) is 4.96. The number of aryl methyl sites for hydroxylation is 2. The molecule has 0 heterocycles. The number of amides is 1. The van der Waals surface area contributed by atoms with Crippen LogP contribution in [0.25, 0.3) is 0 Å². The largest absolute Gasteiger partial charge is 0.330 e. The maximum atomic E-state index is 13.0. The lowest BCUT2D eigenvalue weighted by Gasteiger charge is -2.20. The van der Waals surface area contributed by atoms with Gasteiger partial charge in [-0.15, -0.1) is 0 Å². The number of quaternary nitrogens is 1. The first-order valence-electron chi connectivity index (χ1n) is 8.91. The summed E-state index contributed by atoms with van der Waals surface area (Å²) in [5.74, 6) is 0.0711. The van der Waals surface area contributed by atoms with Gasteiger partial charge in [0.15, 0.2) is 6.04 Å². The maximum Gasteiger partial charge on any atom is 0.287 e. The van der Waals surface area contributed by atoms with Gasteiger partial charge in [-0.1, -0.05) is 42.5 Å². The number of hydrogen-bond donors (Lipinski definition) is 2. The number of rotatable bonds is 5. The van der Waals surface area contributed by atoms with E-state index in [9.17, 15) is 4.79 Å². The van der Waals surface area contributed by atoms with E-state index in [1.807, 2.05) is 31.2 Å². The van der Waals surface area contributed by atoms with Gasteiger partial charge in [-0.3, -0.25) is 4.79 Å². The van der Waals surface area contributed by atoms with Gasteiger partial charge < -0.3 is 10.6 Å². The predicted molar refractivity (Wildman–Crippen MR) is 97.9 cm³/mol. The molecule has 3 N–H and O–H groups in total. The van der Waals surface area contributed by atoms with E-state index in [2.05, 4.69) is 41.8 Å². The molecular weight excluding hydrogens is 296 g/mol. The van der Waals surface area contributed by atoms with Gasteiger partial charge in [0.1, 0.15) is 0 Å². The molecule has 1 fully saturated rings. The fraction of sp³-hybridized carbons (Fsp3) is 0.381. The highest BCUT2D eigenvalue weighted by atomic mass is 16.2. The summed E-state index contributed by atoms with van der Waals surface area (Å²) in [6.07, 6.45) is 4.97. The van der Waals surface area contributed by atoms with E-state index in [0.717, 1.165) is 22.4 Å². The van der Waals surface area contributed by atoms with Crippen LogP contribution in [-0.2, 0) is 4.79 Å². The molecule has 0 radical (unpaired) electrons. The SMILES string of the molecule is Cc1ccc(C)c(NC(=O)[C@H]([NH2+]C2CCCC2)c2ccccc2)c1. The number of anilines is 1. The molecule has 1 aliphatic carbocycles. The van der Waals surface area contributed by atoms with Gasteiger partial charge in [0.25, 0.3) is 5.91 Å². The minimum Gasteiger partial charge on any atom is -0.330 e. The number of nitrogens with two attached hydrogens (primary N) is 1. The molecular formula is C21H27N2O+. The van der Waals surface area contributed by atoms with Crippen molar-refractivity contribution in [3.05, 3.63) is 65.2 Å². The van der Waals surface area contributed by atoms with Crippen LogP contribution in [0.1, 0.15) is 48.4 Å². The van der Waals surface area contributed by atoms with Gasteiger partial charge in [0.2, 0.25) is 0 Å². The molecule has 0 aliphatic heterocycles. The molecule has 0 unspecified atom stereocenters. The van der Waals surface area contributed by atoms with E-state index in [1.54, 1.807) is 0 Å². The molecule has 126 valence electrons. The molecule has 1 aliphatic rings. The summed E-state index contributed by atoms with van der Waals surface area (Å²) in [5, 5.41) is 5.42. The van der Waals surface area contributed by atoms with Crippen molar-refractivity contribution in [2.45, 2.75) is 51.6 Å². The summed E-state index contributed by atoms with van der Waals surface area (Å²) in [5.41, 5.74) is 4.25. The van der Waals surface area contributed by atoms with Gasteiger partial charge in [0, 0.05) is 11.3 Å². The first-order chi connectivity index (χ1) is 11.6. The highest BCUT2D eigenvalue weighted by molar-refractivity contribution is 5.95. The standard InChI is InChI=1S/C21H26N2O/c1-15-12-13-16(2)19(14-15)23-21(24)20(17-8-4-3-5-9-17)22-18-10-6-7-11-18/h3-5,8-9,12-14,18,20,22H,6-7,10-11H2,1-2H3,(H,23,24)/p+1/t20-/m1/s1. The second-order valence-corrected chi connectivity index (χ2v) is 6.93. The van der Waals surface area contributed by atoms with Crippen LogP contribution in [0.3, 0.4) is 0 Å². The predicted octanol–water partition coefficient (Wildman–Crippen LogP) is 3.49. The summed E-state index contributed by atoms with van der Waals surface area (Å²) >= 11 is 0. The average molecular weight is 323 g/mol. The van der Waals surface area contributed by atoms with Crippen LogP contribution >= 0.6 is 0 Å². The minimum atomic E-state index is -0.186. The zero-order valence-corrected chi connectivity index (χ0v) is 14.6. The molecule has 1 atom stereocenters. The molecule has 1 amide bonds. The van der Waals surface area contributed by atoms with E-state index in [4.69, 9.17) is 0 Å². The Kier molecular flexibility index (Phi) is 5.31. The second-order valence-electron chi connectivity index (χ2n) is 6.93. The molecule has 2 aromatic carbocycles. The average Bonchev–Trinajstić information content (AvgIpc) is 3.10. The lowest BCUT2D eigenvalue weighted by molar-refractivity contribution is -0.714. The Morgan fingerprint density at radius 3 is 2.50 bits per heavy atom. The van der Waals surface area contributed by atoms with Crippen molar-refractivity contribution in [2.75, 3.05) is 5.32 Å². The smallest absolute Gasteiger partial charge is 0.287 e. The fourth-order valence-corrected chi connectivity index (χ4v) is 3.51. The quantitative estimate of drug-likeness (QED) is 0.869. The van der Waals surface area contributed by atoms with Gasteiger partial charge in [-0.25, -0.2) is 0 Å². The van der Waals surface area contributed by atoms with Crippen molar-refractivity contribution in [3.63, 3.8) is 0 Å². The zero-order chi connectivity index (χ0) is 16.9.